The Labute approximate surface area is 197 Å². The number of aliphatic hydroxyl groups excluding tert-OH is 1. The van der Waals surface area contributed by atoms with Gasteiger partial charge in [-0.15, -0.1) is 0 Å². The molecule has 192 valence electrons. The molecule has 0 fully saturated rings. The summed E-state index contributed by atoms with van der Waals surface area (Å²) in [4.78, 5) is 37.5. The highest BCUT2D eigenvalue weighted by molar-refractivity contribution is 6.45. The monoisotopic (exact) mass is 475 g/mol. The SMILES string of the molecule is CC(C)[C@H](NC(=O)[C@H](C)NC(=O)OC(C)(C)C)C(=O)N[C@@H](CCCC[NH3+])B(O)OCCCO. The largest absolute Gasteiger partial charge is 0.478 e. The zero-order valence-corrected chi connectivity index (χ0v) is 21.0. The number of hydrogen-bond acceptors (Lipinski definition) is 7. The molecule has 0 aliphatic carbocycles. The highest BCUT2D eigenvalue weighted by Gasteiger charge is 2.33. The lowest BCUT2D eigenvalue weighted by molar-refractivity contribution is -0.368. The predicted octanol–water partition coefficient (Wildman–Crippen LogP) is -0.644. The van der Waals surface area contributed by atoms with Crippen molar-refractivity contribution in [1.82, 2.24) is 16.0 Å². The van der Waals surface area contributed by atoms with Crippen LogP contribution in [0.25, 0.3) is 0 Å². The molecule has 0 aliphatic heterocycles. The van der Waals surface area contributed by atoms with Crippen LogP contribution < -0.4 is 21.7 Å². The quantitative estimate of drug-likeness (QED) is 0.135. The smallest absolute Gasteiger partial charge is 0.444 e. The van der Waals surface area contributed by atoms with Crippen molar-refractivity contribution >= 4 is 25.0 Å². The van der Waals surface area contributed by atoms with Gasteiger partial charge in [0.25, 0.3) is 0 Å². The maximum Gasteiger partial charge on any atom is 0.478 e. The zero-order chi connectivity index (χ0) is 25.6. The van der Waals surface area contributed by atoms with Gasteiger partial charge in [0.2, 0.25) is 11.8 Å². The van der Waals surface area contributed by atoms with E-state index in [9.17, 15) is 19.4 Å². The van der Waals surface area contributed by atoms with Crippen LogP contribution in [0.5, 0.6) is 0 Å². The van der Waals surface area contributed by atoms with Gasteiger partial charge < -0.3 is 41.2 Å². The zero-order valence-electron chi connectivity index (χ0n) is 21.0. The van der Waals surface area contributed by atoms with Crippen LogP contribution in [0, 0.1) is 5.92 Å². The van der Waals surface area contributed by atoms with Gasteiger partial charge in [0.1, 0.15) is 17.7 Å². The first-order chi connectivity index (χ1) is 15.3. The molecule has 0 bridgehead atoms. The maximum absolute atomic E-state index is 13.0. The molecule has 3 amide bonds. The highest BCUT2D eigenvalue weighted by Crippen LogP contribution is 2.09. The molecule has 0 aromatic rings. The van der Waals surface area contributed by atoms with Gasteiger partial charge in [-0.2, -0.15) is 0 Å². The summed E-state index contributed by atoms with van der Waals surface area (Å²) in [5.74, 6) is -1.94. The number of nitrogens with one attached hydrogen (secondary N) is 3. The second-order valence-corrected chi connectivity index (χ2v) is 9.40. The topological polar surface area (TPSA) is 174 Å². The summed E-state index contributed by atoms with van der Waals surface area (Å²) >= 11 is 0. The van der Waals surface area contributed by atoms with E-state index >= 15 is 0 Å². The minimum absolute atomic E-state index is 0.0672. The van der Waals surface area contributed by atoms with Gasteiger partial charge in [-0.1, -0.05) is 13.8 Å². The lowest BCUT2D eigenvalue weighted by Crippen LogP contribution is -2.58. The highest BCUT2D eigenvalue weighted by atomic mass is 16.6. The molecule has 0 saturated carbocycles. The van der Waals surface area contributed by atoms with Crippen LogP contribution in [0.2, 0.25) is 0 Å². The van der Waals surface area contributed by atoms with E-state index in [4.69, 9.17) is 14.5 Å². The number of alkyl carbamates (subject to hydrolysis) is 1. The van der Waals surface area contributed by atoms with Gasteiger partial charge in [-0.25, -0.2) is 4.79 Å². The molecular weight excluding hydrogens is 431 g/mol. The van der Waals surface area contributed by atoms with Crippen LogP contribution >= 0.6 is 0 Å². The van der Waals surface area contributed by atoms with Gasteiger partial charge in [0, 0.05) is 13.2 Å². The second kappa shape index (κ2) is 15.9. The van der Waals surface area contributed by atoms with Crippen LogP contribution in [0.1, 0.15) is 67.2 Å². The molecular formula is C21H44BN4O7+. The Balaban J connectivity index is 5.11. The molecule has 0 aliphatic rings. The molecule has 3 atom stereocenters. The average Bonchev–Trinajstić information content (AvgIpc) is 2.69. The van der Waals surface area contributed by atoms with Crippen molar-refractivity contribution in [1.29, 1.82) is 0 Å². The number of hydrogen-bond donors (Lipinski definition) is 6. The normalized spacial score (nSPS) is 14.2. The fraction of sp³-hybridized carbons (Fsp3) is 0.857. The Morgan fingerprint density at radius 1 is 1.00 bits per heavy atom. The van der Waals surface area contributed by atoms with Crippen molar-refractivity contribution in [2.45, 2.75) is 90.9 Å². The van der Waals surface area contributed by atoms with E-state index in [1.807, 2.05) is 0 Å². The lowest BCUT2D eigenvalue weighted by Gasteiger charge is -2.28. The molecule has 0 heterocycles. The van der Waals surface area contributed by atoms with Crippen LogP contribution in [0.4, 0.5) is 4.79 Å². The molecule has 0 radical (unpaired) electrons. The first kappa shape index (κ1) is 31.1. The number of quaternary nitrogens is 1. The average molecular weight is 475 g/mol. The van der Waals surface area contributed by atoms with E-state index in [0.29, 0.717) is 12.8 Å². The fourth-order valence-electron chi connectivity index (χ4n) is 2.85. The van der Waals surface area contributed by atoms with Crippen molar-refractivity contribution in [3.8, 4) is 0 Å². The minimum Gasteiger partial charge on any atom is -0.444 e. The van der Waals surface area contributed by atoms with Crippen LogP contribution in [-0.2, 0) is 19.0 Å². The van der Waals surface area contributed by atoms with Crippen molar-refractivity contribution in [3.63, 3.8) is 0 Å². The number of amides is 3. The number of carbonyl (C=O) groups is 3. The van der Waals surface area contributed by atoms with E-state index in [1.54, 1.807) is 34.6 Å². The Bertz CT molecular complexity index is 602. The molecule has 33 heavy (non-hydrogen) atoms. The number of aliphatic hydroxyl groups is 1. The molecule has 0 rings (SSSR count). The number of unbranched alkanes of at least 4 members (excludes halogenated alkanes) is 1. The first-order valence-corrected chi connectivity index (χ1v) is 11.6. The van der Waals surface area contributed by atoms with Crippen LogP contribution in [-0.4, -0.2) is 78.5 Å². The summed E-state index contributed by atoms with van der Waals surface area (Å²) in [7, 11) is -1.25. The standard InChI is InChI=1S/C21H43BN4O7/c1-14(2)17(26-18(28)15(3)24-20(30)33-21(4,5)6)19(29)25-16(10-7-8-11-23)22(31)32-13-9-12-27/h14-17,27,31H,7-13,23H2,1-6H3,(H,24,30)(H,25,29)(H,26,28)/p+1/t15-,16-,17-/m0/s1. The summed E-state index contributed by atoms with van der Waals surface area (Å²) in [6, 6.07) is -1.81. The Morgan fingerprint density at radius 3 is 2.15 bits per heavy atom. The van der Waals surface area contributed by atoms with Crippen LogP contribution in [0.3, 0.4) is 0 Å². The number of carbonyl (C=O) groups excluding carboxylic acids is 3. The van der Waals surface area contributed by atoms with Crippen molar-refractivity contribution in [3.05, 3.63) is 0 Å². The van der Waals surface area contributed by atoms with Gasteiger partial charge in [0.15, 0.2) is 0 Å². The van der Waals surface area contributed by atoms with E-state index in [-0.39, 0.29) is 19.1 Å². The molecule has 12 heteroatoms. The van der Waals surface area contributed by atoms with Gasteiger partial charge in [0.05, 0.1) is 12.5 Å². The Kier molecular flexibility index (Phi) is 15.0. The summed E-state index contributed by atoms with van der Waals surface area (Å²) in [5.41, 5.74) is 3.09. The minimum atomic E-state index is -1.25. The van der Waals surface area contributed by atoms with E-state index in [2.05, 4.69) is 21.7 Å². The molecule has 0 spiro atoms. The van der Waals surface area contributed by atoms with E-state index in [1.165, 1.54) is 6.92 Å². The molecule has 11 nitrogen and oxygen atoms in total. The Hall–Kier alpha value is -1.89. The third-order valence-corrected chi connectivity index (χ3v) is 4.65. The second-order valence-electron chi connectivity index (χ2n) is 9.40. The predicted molar refractivity (Wildman–Crippen MR) is 125 cm³/mol. The summed E-state index contributed by atoms with van der Waals surface area (Å²) < 4.78 is 10.5. The van der Waals surface area contributed by atoms with Crippen molar-refractivity contribution < 1.29 is 39.6 Å². The summed E-state index contributed by atoms with van der Waals surface area (Å²) in [6.45, 7) is 11.0. The lowest BCUT2D eigenvalue weighted by atomic mass is 9.75. The third-order valence-electron chi connectivity index (χ3n) is 4.65. The molecule has 0 saturated heterocycles. The van der Waals surface area contributed by atoms with Crippen molar-refractivity contribution in [2.24, 2.45) is 5.92 Å². The number of rotatable bonds is 15. The molecule has 0 unspecified atom stereocenters. The third kappa shape index (κ3) is 14.1. The van der Waals surface area contributed by atoms with Crippen LogP contribution in [0.15, 0.2) is 0 Å². The molecule has 0 aromatic carbocycles. The first-order valence-electron chi connectivity index (χ1n) is 11.6. The maximum atomic E-state index is 13.0. The van der Waals surface area contributed by atoms with Gasteiger partial charge in [-0.05, 0) is 59.3 Å². The summed E-state index contributed by atoms with van der Waals surface area (Å²) in [5, 5.41) is 27.2. The van der Waals surface area contributed by atoms with E-state index in [0.717, 1.165) is 19.4 Å². The van der Waals surface area contributed by atoms with E-state index < -0.39 is 48.7 Å². The molecule has 8 N–H and O–H groups in total. The van der Waals surface area contributed by atoms with Crippen molar-refractivity contribution in [2.75, 3.05) is 19.8 Å². The fourth-order valence-corrected chi connectivity index (χ4v) is 2.85. The van der Waals surface area contributed by atoms with Gasteiger partial charge in [-0.3, -0.25) is 9.59 Å². The van der Waals surface area contributed by atoms with Gasteiger partial charge >= 0.3 is 13.2 Å². The number of ether oxygens (including phenoxy) is 1. The molecule has 0 aromatic heterocycles. The Morgan fingerprint density at radius 2 is 1.64 bits per heavy atom. The summed E-state index contributed by atoms with van der Waals surface area (Å²) in [6.07, 6.45) is 1.66.